The number of thioether (sulfide) groups is 1. The molecule has 1 N–H and O–H groups in total. The first-order valence-electron chi connectivity index (χ1n) is 7.84. The molecule has 1 saturated heterocycles. The molecule has 1 aliphatic heterocycles. The molecule has 1 aliphatic rings. The largest absolute Gasteiger partial charge is 0.492 e. The summed E-state index contributed by atoms with van der Waals surface area (Å²) < 4.78 is 12.1. The second-order valence-corrected chi connectivity index (χ2v) is 7.83. The minimum Gasteiger partial charge on any atom is -0.492 e. The van der Waals surface area contributed by atoms with Crippen LogP contribution in [-0.2, 0) is 9.59 Å². The number of carbonyl (C=O) groups excluding carboxylic acids is 1. The minimum atomic E-state index is -0.891. The van der Waals surface area contributed by atoms with Crippen molar-refractivity contribution < 1.29 is 24.2 Å². The van der Waals surface area contributed by atoms with Crippen LogP contribution in [0.25, 0.3) is 6.08 Å². The van der Waals surface area contributed by atoms with Gasteiger partial charge in [-0.3, -0.25) is 14.5 Å². The Morgan fingerprint density at radius 2 is 2.19 bits per heavy atom. The van der Waals surface area contributed by atoms with E-state index in [9.17, 15) is 9.59 Å². The summed E-state index contributed by atoms with van der Waals surface area (Å²) in [6, 6.07) is 3.63. The zero-order valence-electron chi connectivity index (χ0n) is 14.3. The Morgan fingerprint density at radius 1 is 1.46 bits per heavy atom. The van der Waals surface area contributed by atoms with Crippen molar-refractivity contribution in [2.24, 2.45) is 0 Å². The average molecular weight is 460 g/mol. The van der Waals surface area contributed by atoms with Gasteiger partial charge in [-0.25, -0.2) is 0 Å². The van der Waals surface area contributed by atoms with Crippen molar-refractivity contribution in [3.05, 3.63) is 27.1 Å². The highest BCUT2D eigenvalue weighted by molar-refractivity contribution is 9.10. The van der Waals surface area contributed by atoms with Crippen molar-refractivity contribution in [1.29, 1.82) is 0 Å². The van der Waals surface area contributed by atoms with Crippen molar-refractivity contribution in [2.75, 3.05) is 20.3 Å². The third-order valence-corrected chi connectivity index (χ3v) is 5.45. The summed E-state index contributed by atoms with van der Waals surface area (Å²) in [6.07, 6.45) is 2.10. The Bertz CT molecular complexity index is 766. The summed E-state index contributed by atoms with van der Waals surface area (Å²) in [7, 11) is 1.56. The van der Waals surface area contributed by atoms with Crippen LogP contribution in [-0.4, -0.2) is 46.5 Å². The van der Waals surface area contributed by atoms with Gasteiger partial charge in [0.05, 0.1) is 23.1 Å². The van der Waals surface area contributed by atoms with Crippen LogP contribution >= 0.6 is 39.9 Å². The standard InChI is InChI=1S/C17H18BrNO5S2/c1-3-24-12-8-10(7-11(18)15(12)23-2)9-13-16(22)19(17(25)26-13)6-4-5-14(20)21/h7-9H,3-6H2,1-2H3,(H,20,21)/b13-9-. The summed E-state index contributed by atoms with van der Waals surface area (Å²) in [5.74, 6) is 0.0607. The molecule has 0 saturated carbocycles. The van der Waals surface area contributed by atoms with Gasteiger partial charge in [0.25, 0.3) is 5.91 Å². The first-order valence-corrected chi connectivity index (χ1v) is 9.86. The van der Waals surface area contributed by atoms with Gasteiger partial charge in [-0.15, -0.1) is 0 Å². The lowest BCUT2D eigenvalue weighted by Crippen LogP contribution is -2.29. The molecule has 0 spiro atoms. The van der Waals surface area contributed by atoms with Crippen molar-refractivity contribution in [2.45, 2.75) is 19.8 Å². The van der Waals surface area contributed by atoms with Gasteiger partial charge in [0.2, 0.25) is 0 Å². The van der Waals surface area contributed by atoms with E-state index in [1.54, 1.807) is 19.3 Å². The van der Waals surface area contributed by atoms with E-state index >= 15 is 0 Å². The van der Waals surface area contributed by atoms with Crippen LogP contribution in [0.15, 0.2) is 21.5 Å². The van der Waals surface area contributed by atoms with Gasteiger partial charge in [0, 0.05) is 13.0 Å². The number of hydrogen-bond donors (Lipinski definition) is 1. The molecule has 6 nitrogen and oxygen atoms in total. The third-order valence-electron chi connectivity index (χ3n) is 3.48. The Morgan fingerprint density at radius 3 is 2.81 bits per heavy atom. The number of rotatable bonds is 8. The molecular formula is C17H18BrNO5S2. The van der Waals surface area contributed by atoms with Crippen LogP contribution < -0.4 is 9.47 Å². The van der Waals surface area contributed by atoms with Gasteiger partial charge in [0.1, 0.15) is 4.32 Å². The third kappa shape index (κ3) is 4.99. The first-order chi connectivity index (χ1) is 12.4. The van der Waals surface area contributed by atoms with Crippen molar-refractivity contribution in [3.8, 4) is 11.5 Å². The van der Waals surface area contributed by atoms with E-state index in [4.69, 9.17) is 26.8 Å². The number of nitrogens with zero attached hydrogens (tertiary/aromatic N) is 1. The summed E-state index contributed by atoms with van der Waals surface area (Å²) >= 11 is 9.90. The molecule has 0 atom stereocenters. The number of hydrogen-bond acceptors (Lipinski definition) is 6. The Kier molecular flexibility index (Phi) is 7.48. The van der Waals surface area contributed by atoms with E-state index in [2.05, 4.69) is 15.9 Å². The number of carbonyl (C=O) groups is 2. The highest BCUT2D eigenvalue weighted by Crippen LogP contribution is 2.39. The molecule has 1 fully saturated rings. The molecular weight excluding hydrogens is 442 g/mol. The highest BCUT2D eigenvalue weighted by Gasteiger charge is 2.31. The SMILES string of the molecule is CCOc1cc(/C=C2\SC(=S)N(CCCC(=O)O)C2=O)cc(Br)c1OC. The number of thiocarbonyl (C=S) groups is 1. The van der Waals surface area contributed by atoms with E-state index in [0.29, 0.717) is 44.8 Å². The van der Waals surface area contributed by atoms with E-state index in [0.717, 1.165) is 5.56 Å². The van der Waals surface area contributed by atoms with Gasteiger partial charge < -0.3 is 14.6 Å². The number of ether oxygens (including phenoxy) is 2. The number of methoxy groups -OCH3 is 1. The fourth-order valence-electron chi connectivity index (χ4n) is 2.36. The zero-order valence-corrected chi connectivity index (χ0v) is 17.5. The minimum absolute atomic E-state index is 0.000743. The lowest BCUT2D eigenvalue weighted by atomic mass is 10.2. The van der Waals surface area contributed by atoms with Crippen LogP contribution in [0.4, 0.5) is 0 Å². The average Bonchev–Trinajstić information content (AvgIpc) is 2.82. The van der Waals surface area contributed by atoms with Gasteiger partial charge in [-0.2, -0.15) is 0 Å². The molecule has 0 radical (unpaired) electrons. The van der Waals surface area contributed by atoms with Crippen LogP contribution in [0, 0.1) is 0 Å². The maximum atomic E-state index is 12.5. The second-order valence-electron chi connectivity index (χ2n) is 5.30. The maximum absolute atomic E-state index is 12.5. The highest BCUT2D eigenvalue weighted by atomic mass is 79.9. The molecule has 0 aromatic heterocycles. The van der Waals surface area contributed by atoms with Crippen molar-refractivity contribution in [3.63, 3.8) is 0 Å². The molecule has 0 bridgehead atoms. The number of benzene rings is 1. The van der Waals surface area contributed by atoms with Crippen LogP contribution in [0.5, 0.6) is 11.5 Å². The maximum Gasteiger partial charge on any atom is 0.303 e. The fourth-order valence-corrected chi connectivity index (χ4v) is 4.30. The lowest BCUT2D eigenvalue weighted by molar-refractivity contribution is -0.137. The number of halogens is 1. The van der Waals surface area contributed by atoms with Gasteiger partial charge in [-0.1, -0.05) is 24.0 Å². The number of carboxylic acid groups (broad SMARTS) is 1. The van der Waals surface area contributed by atoms with Gasteiger partial charge in [0.15, 0.2) is 11.5 Å². The van der Waals surface area contributed by atoms with E-state index < -0.39 is 5.97 Å². The van der Waals surface area contributed by atoms with Gasteiger partial charge >= 0.3 is 5.97 Å². The van der Waals surface area contributed by atoms with Crippen molar-refractivity contribution >= 4 is 62.2 Å². The van der Waals surface area contributed by atoms with Crippen LogP contribution in [0.1, 0.15) is 25.3 Å². The summed E-state index contributed by atoms with van der Waals surface area (Å²) in [6.45, 7) is 2.66. The van der Waals surface area contributed by atoms with Gasteiger partial charge in [-0.05, 0) is 53.0 Å². The fraction of sp³-hybridized carbons (Fsp3) is 0.353. The smallest absolute Gasteiger partial charge is 0.303 e. The quantitative estimate of drug-likeness (QED) is 0.466. The topological polar surface area (TPSA) is 76.1 Å². The summed E-state index contributed by atoms with van der Waals surface area (Å²) in [5, 5.41) is 8.73. The van der Waals surface area contributed by atoms with E-state index in [-0.39, 0.29) is 12.3 Å². The summed E-state index contributed by atoms with van der Waals surface area (Å²) in [5.41, 5.74) is 0.771. The van der Waals surface area contributed by atoms with E-state index in [1.165, 1.54) is 16.7 Å². The molecule has 26 heavy (non-hydrogen) atoms. The first kappa shape index (κ1) is 20.7. The normalized spacial score (nSPS) is 15.7. The number of amides is 1. The molecule has 1 amide bonds. The Hall–Kier alpha value is -1.58. The second kappa shape index (κ2) is 9.38. The lowest BCUT2D eigenvalue weighted by Gasteiger charge is -2.13. The van der Waals surface area contributed by atoms with Crippen LogP contribution in [0.2, 0.25) is 0 Å². The van der Waals surface area contributed by atoms with E-state index in [1.807, 2.05) is 13.0 Å². The Balaban J connectivity index is 2.23. The molecule has 1 heterocycles. The zero-order chi connectivity index (χ0) is 19.3. The molecule has 0 unspecified atom stereocenters. The summed E-state index contributed by atoms with van der Waals surface area (Å²) in [4.78, 5) is 25.1. The number of carboxylic acids is 1. The molecule has 2 rings (SSSR count). The molecule has 0 aliphatic carbocycles. The van der Waals surface area contributed by atoms with Crippen LogP contribution in [0.3, 0.4) is 0 Å². The molecule has 1 aromatic carbocycles. The number of aliphatic carboxylic acids is 1. The van der Waals surface area contributed by atoms with Crippen molar-refractivity contribution in [1.82, 2.24) is 4.90 Å². The predicted molar refractivity (Wildman–Crippen MR) is 109 cm³/mol. The predicted octanol–water partition coefficient (Wildman–Crippen LogP) is 3.92. The molecule has 1 aromatic rings. The Labute approximate surface area is 169 Å². The molecule has 9 heteroatoms. The monoisotopic (exact) mass is 459 g/mol. The molecule has 140 valence electrons.